The Morgan fingerprint density at radius 3 is 2.63 bits per heavy atom. The van der Waals surface area contributed by atoms with Gasteiger partial charge in [0.25, 0.3) is 11.8 Å². The Bertz CT molecular complexity index is 1480. The summed E-state index contributed by atoms with van der Waals surface area (Å²) in [4.78, 5) is 31.5. The van der Waals surface area contributed by atoms with E-state index in [9.17, 15) is 27.2 Å². The molecule has 12 nitrogen and oxygen atoms in total. The van der Waals surface area contributed by atoms with Gasteiger partial charge in [-0.3, -0.25) is 4.79 Å². The molecule has 0 radical (unpaired) electrons. The zero-order chi connectivity index (χ0) is 30.4. The van der Waals surface area contributed by atoms with E-state index in [1.54, 1.807) is 19.2 Å². The van der Waals surface area contributed by atoms with Crippen LogP contribution in [0.15, 0.2) is 23.1 Å². The lowest BCUT2D eigenvalue weighted by atomic mass is 9.81. The highest BCUT2D eigenvalue weighted by Crippen LogP contribution is 2.41. The minimum atomic E-state index is -3.12. The number of nitrogens with one attached hydrogen (secondary N) is 2. The van der Waals surface area contributed by atoms with E-state index < -0.39 is 49.0 Å². The molecule has 1 saturated heterocycles. The summed E-state index contributed by atoms with van der Waals surface area (Å²) < 4.78 is 68.8. The quantitative estimate of drug-likeness (QED) is 0.348. The summed E-state index contributed by atoms with van der Waals surface area (Å²) in [5.74, 6) is -6.84. The molecule has 3 amide bonds. The normalized spacial score (nSPS) is 22.2. The van der Waals surface area contributed by atoms with Crippen molar-refractivity contribution in [2.24, 2.45) is 5.92 Å². The van der Waals surface area contributed by atoms with Crippen LogP contribution in [0.5, 0.6) is 0 Å². The highest BCUT2D eigenvalue weighted by Gasteiger charge is 2.43. The summed E-state index contributed by atoms with van der Waals surface area (Å²) in [6, 6.07) is -0.617. The number of urea groups is 1. The minimum Gasteiger partial charge on any atom is -0.376 e. The molecule has 3 aliphatic rings. The molecule has 1 aliphatic heterocycles. The van der Waals surface area contributed by atoms with Crippen molar-refractivity contribution in [2.75, 3.05) is 19.7 Å². The van der Waals surface area contributed by atoms with E-state index in [0.717, 1.165) is 24.2 Å². The van der Waals surface area contributed by atoms with Crippen molar-refractivity contribution in [1.82, 2.24) is 40.4 Å². The second-order valence-electron chi connectivity index (χ2n) is 11.6. The number of halogens is 4. The van der Waals surface area contributed by atoms with Gasteiger partial charge in [-0.15, -0.1) is 0 Å². The van der Waals surface area contributed by atoms with Gasteiger partial charge >= 0.3 is 6.03 Å². The number of aromatic nitrogens is 5. The molecule has 3 fully saturated rings. The predicted octanol–water partition coefficient (Wildman–Crippen LogP) is 3.99. The molecule has 0 unspecified atom stereocenters. The summed E-state index contributed by atoms with van der Waals surface area (Å²) >= 11 is 0. The smallest absolute Gasteiger partial charge is 0.318 e. The number of aryl methyl sites for hydroxylation is 1. The van der Waals surface area contributed by atoms with E-state index >= 15 is 0 Å². The minimum absolute atomic E-state index is 0.000357. The number of carbonyl (C=O) groups is 2. The second-order valence-corrected chi connectivity index (χ2v) is 11.6. The second kappa shape index (κ2) is 11.4. The molecule has 2 aliphatic carbocycles. The third-order valence-corrected chi connectivity index (χ3v) is 8.53. The maximum absolute atomic E-state index is 14.4. The number of fused-ring (bicyclic) bond motifs is 1. The highest BCUT2D eigenvalue weighted by atomic mass is 19.3. The fourth-order valence-electron chi connectivity index (χ4n) is 5.78. The van der Waals surface area contributed by atoms with Crippen LogP contribution < -0.4 is 10.6 Å². The summed E-state index contributed by atoms with van der Waals surface area (Å²) in [7, 11) is 0. The van der Waals surface area contributed by atoms with Crippen molar-refractivity contribution in [3.05, 3.63) is 41.1 Å². The van der Waals surface area contributed by atoms with Crippen molar-refractivity contribution < 1.29 is 36.5 Å². The predicted molar refractivity (Wildman–Crippen MR) is 141 cm³/mol. The molecular formula is C27H32F4N8O4. The number of rotatable bonds is 9. The molecule has 2 N–H and O–H groups in total. The van der Waals surface area contributed by atoms with Crippen LogP contribution in [-0.4, -0.2) is 79.4 Å². The van der Waals surface area contributed by atoms with Crippen molar-refractivity contribution in [3.63, 3.8) is 0 Å². The topological polar surface area (TPSA) is 140 Å². The van der Waals surface area contributed by atoms with Gasteiger partial charge < -0.3 is 20.3 Å². The maximum atomic E-state index is 14.4. The van der Waals surface area contributed by atoms with E-state index in [1.165, 1.54) is 10.7 Å². The first-order chi connectivity index (χ1) is 20.5. The first kappa shape index (κ1) is 29.3. The van der Waals surface area contributed by atoms with Crippen molar-refractivity contribution in [1.29, 1.82) is 0 Å². The van der Waals surface area contributed by atoms with E-state index in [4.69, 9.17) is 4.74 Å². The molecule has 3 aromatic heterocycles. The van der Waals surface area contributed by atoms with Gasteiger partial charge in [0, 0.05) is 18.4 Å². The Kier molecular flexibility index (Phi) is 7.73. The van der Waals surface area contributed by atoms with Gasteiger partial charge in [-0.05, 0) is 56.2 Å². The largest absolute Gasteiger partial charge is 0.376 e. The number of imidazole rings is 1. The van der Waals surface area contributed by atoms with Crippen LogP contribution in [0.4, 0.5) is 22.4 Å². The average molecular weight is 609 g/mol. The third-order valence-electron chi connectivity index (χ3n) is 8.53. The number of amides is 3. The van der Waals surface area contributed by atoms with Gasteiger partial charge in [-0.1, -0.05) is 5.16 Å². The van der Waals surface area contributed by atoms with Crippen LogP contribution in [0.2, 0.25) is 0 Å². The molecule has 0 spiro atoms. The van der Waals surface area contributed by atoms with Gasteiger partial charge in [0.2, 0.25) is 5.92 Å². The molecule has 232 valence electrons. The number of carbonyl (C=O) groups excluding carboxylic acids is 2. The molecule has 16 heteroatoms. The average Bonchev–Trinajstić information content (AvgIpc) is 3.56. The van der Waals surface area contributed by atoms with E-state index in [-0.39, 0.29) is 55.7 Å². The number of hydrogen-bond acceptors (Lipinski definition) is 8. The fourth-order valence-corrected chi connectivity index (χ4v) is 5.78. The number of hydrogen-bond donors (Lipinski definition) is 2. The molecule has 0 bridgehead atoms. The van der Waals surface area contributed by atoms with Crippen molar-refractivity contribution in [2.45, 2.75) is 81.9 Å². The highest BCUT2D eigenvalue weighted by molar-refractivity contribution is 5.93. The van der Waals surface area contributed by atoms with Crippen molar-refractivity contribution >= 4 is 17.6 Å². The van der Waals surface area contributed by atoms with E-state index in [2.05, 4.69) is 35.7 Å². The SMILES string of the molecule is Cc1nonc1C(=O)N[C@H](c1cn2ncc([C@@H](COC3CCC3)N3CC(F)(F)CNC3=O)cc2n1)C1CCC(F)(F)CC1. The standard InChI is InChI=1S/C27H32F4N8O4/c1-15-22(37-43-36-15)24(40)35-23(16-5-7-26(28,29)8-6-16)19-11-39-21(34-19)9-17(10-33-39)20(12-42-18-3-2-4-18)38-14-27(30,31)13-32-25(38)41/h9-11,16,18,20,23H,2-8,12-14H2,1H3,(H,32,41)(H,35,40)/t20-,23+/m1/s1. The molecule has 2 atom stereocenters. The first-order valence-electron chi connectivity index (χ1n) is 14.3. The summed E-state index contributed by atoms with van der Waals surface area (Å²) in [6.45, 7) is 0.0316. The van der Waals surface area contributed by atoms with Gasteiger partial charge in [0.05, 0.1) is 56.0 Å². The number of ether oxygens (including phenoxy) is 1. The lowest BCUT2D eigenvalue weighted by Crippen LogP contribution is -2.58. The Morgan fingerprint density at radius 2 is 1.95 bits per heavy atom. The van der Waals surface area contributed by atoms with E-state index in [0.29, 0.717) is 16.9 Å². The van der Waals surface area contributed by atoms with Crippen molar-refractivity contribution in [3.8, 4) is 0 Å². The summed E-state index contributed by atoms with van der Waals surface area (Å²) in [5.41, 5.74) is 1.40. The molecule has 2 saturated carbocycles. The molecule has 43 heavy (non-hydrogen) atoms. The van der Waals surface area contributed by atoms with Crippen LogP contribution in [0, 0.1) is 12.8 Å². The van der Waals surface area contributed by atoms with Gasteiger partial charge in [-0.25, -0.2) is 36.5 Å². The van der Waals surface area contributed by atoms with Crippen LogP contribution in [0.1, 0.15) is 84.5 Å². The number of alkyl halides is 4. The van der Waals surface area contributed by atoms with Gasteiger partial charge in [0.1, 0.15) is 5.69 Å². The maximum Gasteiger partial charge on any atom is 0.318 e. The summed E-state index contributed by atoms with van der Waals surface area (Å²) in [5, 5.41) is 16.8. The Labute approximate surface area is 243 Å². The van der Waals surface area contributed by atoms with E-state index in [1.807, 2.05) is 0 Å². The monoisotopic (exact) mass is 608 g/mol. The van der Waals surface area contributed by atoms with Gasteiger partial charge in [0.15, 0.2) is 11.3 Å². The van der Waals surface area contributed by atoms with Crippen LogP contribution in [0.25, 0.3) is 5.65 Å². The zero-order valence-electron chi connectivity index (χ0n) is 23.4. The van der Waals surface area contributed by atoms with Gasteiger partial charge in [-0.2, -0.15) is 5.10 Å². The zero-order valence-corrected chi connectivity index (χ0v) is 23.4. The van der Waals surface area contributed by atoms with Crippen LogP contribution in [0.3, 0.4) is 0 Å². The third kappa shape index (κ3) is 6.28. The Morgan fingerprint density at radius 1 is 1.19 bits per heavy atom. The van der Waals surface area contributed by atoms with Crippen LogP contribution in [-0.2, 0) is 4.74 Å². The summed E-state index contributed by atoms with van der Waals surface area (Å²) in [6.07, 6.45) is 5.45. The van der Waals surface area contributed by atoms with Crippen LogP contribution >= 0.6 is 0 Å². The molecular weight excluding hydrogens is 576 g/mol. The lowest BCUT2D eigenvalue weighted by molar-refractivity contribution is -0.0673. The molecule has 6 rings (SSSR count). The Hall–Kier alpha value is -3.82. The Balaban J connectivity index is 1.31. The fraction of sp³-hybridized carbons (Fsp3) is 0.630. The number of nitrogens with zero attached hydrogens (tertiary/aromatic N) is 6. The lowest BCUT2D eigenvalue weighted by Gasteiger charge is -2.39. The first-order valence-corrected chi connectivity index (χ1v) is 14.3. The molecule has 0 aromatic carbocycles. The molecule has 3 aromatic rings. The molecule has 4 heterocycles.